The number of sulfonamides is 1. The van der Waals surface area contributed by atoms with Crippen LogP contribution in [0, 0.1) is 10.1 Å². The minimum Gasteiger partial charge on any atom is -0.489 e. The third-order valence-electron chi connectivity index (χ3n) is 5.09. The van der Waals surface area contributed by atoms with Crippen LogP contribution in [0.5, 0.6) is 11.5 Å². The number of nitrogens with zero attached hydrogens (tertiary/aromatic N) is 2. The van der Waals surface area contributed by atoms with Gasteiger partial charge in [-0.3, -0.25) is 10.1 Å². The second-order valence-electron chi connectivity index (χ2n) is 7.24. The standard InChI is InChI=1S/C20H21ClN2O6S2/c21-16-10-14(11-18-20(16)29-9-3-8-28-18)13-30-19-5-4-15(12-17(19)23(24)25)31(26,27)22-6-1-2-7-22/h4-5,10-12H,1-3,6-9,13H2. The Labute approximate surface area is 189 Å². The van der Waals surface area contributed by atoms with Gasteiger partial charge in [0.1, 0.15) is 0 Å². The van der Waals surface area contributed by atoms with Crippen molar-refractivity contribution in [2.24, 2.45) is 0 Å². The smallest absolute Gasteiger partial charge is 0.284 e. The summed E-state index contributed by atoms with van der Waals surface area (Å²) in [5.41, 5.74) is 0.591. The average molecular weight is 485 g/mol. The van der Waals surface area contributed by atoms with Gasteiger partial charge in [0.15, 0.2) is 11.5 Å². The second kappa shape index (κ2) is 9.23. The highest BCUT2D eigenvalue weighted by atomic mass is 35.5. The highest BCUT2D eigenvalue weighted by molar-refractivity contribution is 7.98. The molecule has 0 spiro atoms. The summed E-state index contributed by atoms with van der Waals surface area (Å²) in [6.07, 6.45) is 2.36. The molecule has 0 saturated carbocycles. The zero-order valence-electron chi connectivity index (χ0n) is 16.6. The molecule has 0 N–H and O–H groups in total. The van der Waals surface area contributed by atoms with Crippen molar-refractivity contribution >= 4 is 39.1 Å². The number of nitro benzene ring substituents is 1. The van der Waals surface area contributed by atoms with Crippen molar-refractivity contribution < 1.29 is 22.8 Å². The van der Waals surface area contributed by atoms with Gasteiger partial charge in [0.2, 0.25) is 10.0 Å². The van der Waals surface area contributed by atoms with E-state index in [0.29, 0.717) is 53.5 Å². The molecule has 2 aromatic rings. The van der Waals surface area contributed by atoms with Crippen molar-refractivity contribution in [3.63, 3.8) is 0 Å². The van der Waals surface area contributed by atoms with Crippen molar-refractivity contribution in [3.05, 3.63) is 51.0 Å². The highest BCUT2D eigenvalue weighted by Crippen LogP contribution is 2.40. The maximum Gasteiger partial charge on any atom is 0.284 e. The van der Waals surface area contributed by atoms with E-state index < -0.39 is 14.9 Å². The van der Waals surface area contributed by atoms with Crippen LogP contribution in [0.2, 0.25) is 5.02 Å². The molecule has 2 aromatic carbocycles. The molecule has 8 nitrogen and oxygen atoms in total. The molecule has 0 aromatic heterocycles. The fourth-order valence-electron chi connectivity index (χ4n) is 3.53. The van der Waals surface area contributed by atoms with Crippen LogP contribution in [0.1, 0.15) is 24.8 Å². The predicted molar refractivity (Wildman–Crippen MR) is 118 cm³/mol. The lowest BCUT2D eigenvalue weighted by Crippen LogP contribution is -2.27. The number of hydrogen-bond acceptors (Lipinski definition) is 7. The highest BCUT2D eigenvalue weighted by Gasteiger charge is 2.29. The van der Waals surface area contributed by atoms with Gasteiger partial charge in [0, 0.05) is 31.3 Å². The molecule has 0 atom stereocenters. The molecule has 1 saturated heterocycles. The van der Waals surface area contributed by atoms with Gasteiger partial charge in [0.05, 0.1) is 33.0 Å². The van der Waals surface area contributed by atoms with E-state index in [1.54, 1.807) is 6.07 Å². The fourth-order valence-corrected chi connectivity index (χ4v) is 6.29. The second-order valence-corrected chi connectivity index (χ2v) is 10.6. The van der Waals surface area contributed by atoms with Crippen molar-refractivity contribution in [1.29, 1.82) is 0 Å². The van der Waals surface area contributed by atoms with Crippen LogP contribution in [0.25, 0.3) is 0 Å². The molecule has 0 unspecified atom stereocenters. The Hall–Kier alpha value is -2.01. The molecule has 0 radical (unpaired) electrons. The summed E-state index contributed by atoms with van der Waals surface area (Å²) < 4.78 is 38.2. The molecule has 0 bridgehead atoms. The van der Waals surface area contributed by atoms with Gasteiger partial charge in [-0.15, -0.1) is 11.8 Å². The van der Waals surface area contributed by atoms with E-state index in [1.165, 1.54) is 28.2 Å². The number of benzene rings is 2. The zero-order chi connectivity index (χ0) is 22.0. The number of fused-ring (bicyclic) bond motifs is 1. The average Bonchev–Trinajstić information content (AvgIpc) is 3.19. The molecule has 0 amide bonds. The lowest BCUT2D eigenvalue weighted by molar-refractivity contribution is -0.388. The van der Waals surface area contributed by atoms with E-state index in [0.717, 1.165) is 30.9 Å². The van der Waals surface area contributed by atoms with Gasteiger partial charge >= 0.3 is 0 Å². The Morgan fingerprint density at radius 2 is 1.84 bits per heavy atom. The van der Waals surface area contributed by atoms with E-state index in [2.05, 4.69) is 0 Å². The first-order valence-electron chi connectivity index (χ1n) is 9.85. The lowest BCUT2D eigenvalue weighted by Gasteiger charge is -2.16. The number of nitro groups is 1. The lowest BCUT2D eigenvalue weighted by atomic mass is 10.2. The molecule has 31 heavy (non-hydrogen) atoms. The molecule has 166 valence electrons. The first-order chi connectivity index (χ1) is 14.9. The Bertz CT molecular complexity index is 1100. The molecule has 11 heteroatoms. The van der Waals surface area contributed by atoms with Gasteiger partial charge in [-0.2, -0.15) is 4.31 Å². The SMILES string of the molecule is O=[N+]([O-])c1cc(S(=O)(=O)N2CCCC2)ccc1SCc1cc(Cl)c2c(c1)OCCCO2. The minimum absolute atomic E-state index is 0.0518. The Morgan fingerprint density at radius 3 is 2.58 bits per heavy atom. The third-order valence-corrected chi connectivity index (χ3v) is 8.40. The maximum absolute atomic E-state index is 12.8. The quantitative estimate of drug-likeness (QED) is 0.338. The van der Waals surface area contributed by atoms with Crippen LogP contribution in [0.15, 0.2) is 40.1 Å². The van der Waals surface area contributed by atoms with Gasteiger partial charge in [-0.05, 0) is 42.7 Å². The van der Waals surface area contributed by atoms with Crippen LogP contribution in [-0.4, -0.2) is 43.9 Å². The maximum atomic E-state index is 12.8. The van der Waals surface area contributed by atoms with Crippen LogP contribution in [0.3, 0.4) is 0 Å². The van der Waals surface area contributed by atoms with Gasteiger partial charge < -0.3 is 9.47 Å². The normalized spacial score (nSPS) is 16.8. The van der Waals surface area contributed by atoms with E-state index in [9.17, 15) is 18.5 Å². The van der Waals surface area contributed by atoms with Crippen molar-refractivity contribution in [2.75, 3.05) is 26.3 Å². The van der Waals surface area contributed by atoms with Crippen molar-refractivity contribution in [3.8, 4) is 11.5 Å². The number of ether oxygens (including phenoxy) is 2. The number of hydrogen-bond donors (Lipinski definition) is 0. The van der Waals surface area contributed by atoms with E-state index in [-0.39, 0.29) is 10.6 Å². The number of halogens is 1. The van der Waals surface area contributed by atoms with Gasteiger partial charge in [0.25, 0.3) is 5.69 Å². The Kier molecular flexibility index (Phi) is 6.61. The molecule has 2 heterocycles. The Morgan fingerprint density at radius 1 is 1.10 bits per heavy atom. The van der Waals surface area contributed by atoms with Crippen LogP contribution >= 0.6 is 23.4 Å². The fraction of sp³-hybridized carbons (Fsp3) is 0.400. The molecule has 2 aliphatic rings. The molecule has 2 aliphatic heterocycles. The van der Waals surface area contributed by atoms with Crippen LogP contribution in [0.4, 0.5) is 5.69 Å². The summed E-state index contributed by atoms with van der Waals surface area (Å²) in [7, 11) is -3.73. The van der Waals surface area contributed by atoms with E-state index in [1.807, 2.05) is 6.07 Å². The summed E-state index contributed by atoms with van der Waals surface area (Å²) >= 11 is 7.56. The van der Waals surface area contributed by atoms with E-state index in [4.69, 9.17) is 21.1 Å². The molecular formula is C20H21ClN2O6S2. The summed E-state index contributed by atoms with van der Waals surface area (Å²) in [4.78, 5) is 11.4. The first kappa shape index (κ1) is 22.2. The predicted octanol–water partition coefficient (Wildman–Crippen LogP) is 4.49. The third kappa shape index (κ3) is 4.77. The summed E-state index contributed by atoms with van der Waals surface area (Å²) in [5, 5.41) is 12.1. The van der Waals surface area contributed by atoms with Crippen LogP contribution in [-0.2, 0) is 15.8 Å². The van der Waals surface area contributed by atoms with Crippen molar-refractivity contribution in [1.82, 2.24) is 4.31 Å². The molecule has 0 aliphatic carbocycles. The van der Waals surface area contributed by atoms with Gasteiger partial charge in [-0.25, -0.2) is 8.42 Å². The number of rotatable bonds is 6. The zero-order valence-corrected chi connectivity index (χ0v) is 19.0. The van der Waals surface area contributed by atoms with Crippen LogP contribution < -0.4 is 9.47 Å². The topological polar surface area (TPSA) is 99.0 Å². The number of thioether (sulfide) groups is 1. The molecule has 1 fully saturated rings. The molecule has 4 rings (SSSR count). The largest absolute Gasteiger partial charge is 0.489 e. The summed E-state index contributed by atoms with van der Waals surface area (Å²) in [5.74, 6) is 1.47. The van der Waals surface area contributed by atoms with Gasteiger partial charge in [-0.1, -0.05) is 11.6 Å². The molecular weight excluding hydrogens is 464 g/mol. The Balaban J connectivity index is 1.57. The summed E-state index contributed by atoms with van der Waals surface area (Å²) in [6.45, 7) is 1.94. The monoisotopic (exact) mass is 484 g/mol. The van der Waals surface area contributed by atoms with E-state index >= 15 is 0 Å². The summed E-state index contributed by atoms with van der Waals surface area (Å²) in [6, 6.07) is 7.65. The first-order valence-corrected chi connectivity index (χ1v) is 12.7. The minimum atomic E-state index is -3.73. The van der Waals surface area contributed by atoms with Crippen molar-refractivity contribution in [2.45, 2.75) is 34.8 Å².